The van der Waals surface area contributed by atoms with Gasteiger partial charge in [0.15, 0.2) is 0 Å². The monoisotopic (exact) mass is 205 g/mol. The zero-order chi connectivity index (χ0) is 11.1. The molecule has 1 rings (SSSR count). The van der Waals surface area contributed by atoms with Crippen molar-refractivity contribution in [3.05, 3.63) is 35.9 Å². The maximum absolute atomic E-state index is 10.5. The van der Waals surface area contributed by atoms with Crippen LogP contribution in [-0.2, 0) is 6.42 Å². The van der Waals surface area contributed by atoms with Gasteiger partial charge in [0, 0.05) is 12.1 Å². The van der Waals surface area contributed by atoms with Gasteiger partial charge in [0.25, 0.3) is 0 Å². The van der Waals surface area contributed by atoms with Gasteiger partial charge < -0.3 is 5.73 Å². The summed E-state index contributed by atoms with van der Waals surface area (Å²) < 4.78 is 0. The molecule has 3 N–H and O–H groups in total. The standard InChI is InChI=1S/C11H15N3O/c1-2-10(13-14-11(12)15)8-9-6-4-3-5-7-9/h3-7H,2,8H2,1H3,(H3,12,14,15). The van der Waals surface area contributed by atoms with Crippen molar-refractivity contribution in [2.45, 2.75) is 19.8 Å². The summed E-state index contributed by atoms with van der Waals surface area (Å²) in [6.45, 7) is 1.99. The number of hydrogen-bond donors (Lipinski definition) is 2. The van der Waals surface area contributed by atoms with Crippen molar-refractivity contribution in [1.29, 1.82) is 0 Å². The number of amides is 2. The molecule has 1 aromatic rings. The van der Waals surface area contributed by atoms with Gasteiger partial charge in [-0.15, -0.1) is 0 Å². The number of rotatable bonds is 4. The molecule has 0 saturated heterocycles. The summed E-state index contributed by atoms with van der Waals surface area (Å²) >= 11 is 0. The SMILES string of the molecule is CCC(Cc1ccccc1)=NNC(N)=O. The summed E-state index contributed by atoms with van der Waals surface area (Å²) in [5, 5.41) is 3.93. The van der Waals surface area contributed by atoms with Crippen LogP contribution < -0.4 is 11.2 Å². The predicted octanol–water partition coefficient (Wildman–Crippen LogP) is 1.66. The second-order valence-corrected chi connectivity index (χ2v) is 3.17. The van der Waals surface area contributed by atoms with Gasteiger partial charge in [-0.3, -0.25) is 0 Å². The van der Waals surface area contributed by atoms with Gasteiger partial charge in [0.1, 0.15) is 0 Å². The van der Waals surface area contributed by atoms with Crippen LogP contribution in [0.2, 0.25) is 0 Å². The third kappa shape index (κ3) is 4.26. The quantitative estimate of drug-likeness (QED) is 0.569. The summed E-state index contributed by atoms with van der Waals surface area (Å²) in [5.74, 6) is 0. The Bertz CT molecular complexity index is 346. The molecule has 0 spiro atoms. The number of primary amides is 1. The maximum Gasteiger partial charge on any atom is 0.332 e. The topological polar surface area (TPSA) is 67.5 Å². The van der Waals surface area contributed by atoms with Gasteiger partial charge >= 0.3 is 6.03 Å². The summed E-state index contributed by atoms with van der Waals surface area (Å²) in [7, 11) is 0. The zero-order valence-corrected chi connectivity index (χ0v) is 8.73. The second kappa shape index (κ2) is 5.80. The molecular weight excluding hydrogens is 190 g/mol. The number of hydrazone groups is 1. The van der Waals surface area contributed by atoms with Crippen LogP contribution in [0, 0.1) is 0 Å². The van der Waals surface area contributed by atoms with E-state index in [2.05, 4.69) is 10.5 Å². The first kappa shape index (κ1) is 11.2. The van der Waals surface area contributed by atoms with E-state index in [9.17, 15) is 4.79 Å². The van der Waals surface area contributed by atoms with Crippen LogP contribution in [-0.4, -0.2) is 11.7 Å². The summed E-state index contributed by atoms with van der Waals surface area (Å²) in [6, 6.07) is 9.33. The van der Waals surface area contributed by atoms with Crippen LogP contribution in [0.5, 0.6) is 0 Å². The maximum atomic E-state index is 10.5. The van der Waals surface area contributed by atoms with Crippen molar-refractivity contribution in [2.75, 3.05) is 0 Å². The van der Waals surface area contributed by atoms with E-state index >= 15 is 0 Å². The Morgan fingerprint density at radius 1 is 1.40 bits per heavy atom. The number of carbonyl (C=O) groups is 1. The van der Waals surface area contributed by atoms with E-state index in [1.807, 2.05) is 37.3 Å². The van der Waals surface area contributed by atoms with Crippen LogP contribution >= 0.6 is 0 Å². The highest BCUT2D eigenvalue weighted by atomic mass is 16.2. The van der Waals surface area contributed by atoms with Crippen LogP contribution in [0.15, 0.2) is 35.4 Å². The molecule has 0 heterocycles. The number of nitrogens with one attached hydrogen (secondary N) is 1. The smallest absolute Gasteiger partial charge is 0.332 e. The first-order chi connectivity index (χ1) is 7.22. The van der Waals surface area contributed by atoms with Gasteiger partial charge in [0.2, 0.25) is 0 Å². The first-order valence-corrected chi connectivity index (χ1v) is 4.87. The Morgan fingerprint density at radius 3 is 2.60 bits per heavy atom. The third-order valence-corrected chi connectivity index (χ3v) is 1.98. The number of urea groups is 1. The van der Waals surface area contributed by atoms with E-state index in [1.165, 1.54) is 5.56 Å². The molecule has 0 atom stereocenters. The van der Waals surface area contributed by atoms with E-state index in [-0.39, 0.29) is 0 Å². The Hall–Kier alpha value is -1.84. The minimum absolute atomic E-state index is 0.631. The summed E-state index contributed by atoms with van der Waals surface area (Å²) in [6.07, 6.45) is 1.52. The molecule has 2 amide bonds. The second-order valence-electron chi connectivity index (χ2n) is 3.17. The molecule has 0 aliphatic rings. The lowest BCUT2D eigenvalue weighted by Gasteiger charge is -2.03. The molecule has 0 aliphatic heterocycles. The van der Waals surface area contributed by atoms with Gasteiger partial charge in [-0.25, -0.2) is 10.2 Å². The van der Waals surface area contributed by atoms with Crippen molar-refractivity contribution < 1.29 is 4.79 Å². The molecule has 0 saturated carbocycles. The molecule has 15 heavy (non-hydrogen) atoms. The number of carbonyl (C=O) groups excluding carboxylic acids is 1. The van der Waals surface area contributed by atoms with Gasteiger partial charge in [-0.1, -0.05) is 37.3 Å². The fourth-order valence-electron chi connectivity index (χ4n) is 1.21. The van der Waals surface area contributed by atoms with Crippen molar-refractivity contribution in [3.8, 4) is 0 Å². The first-order valence-electron chi connectivity index (χ1n) is 4.87. The fraction of sp³-hybridized carbons (Fsp3) is 0.273. The van der Waals surface area contributed by atoms with Crippen LogP contribution in [0.3, 0.4) is 0 Å². The van der Waals surface area contributed by atoms with Crippen molar-refractivity contribution in [1.82, 2.24) is 5.43 Å². The molecular formula is C11H15N3O. The van der Waals surface area contributed by atoms with Crippen LogP contribution in [0.1, 0.15) is 18.9 Å². The van der Waals surface area contributed by atoms with Crippen LogP contribution in [0.4, 0.5) is 4.79 Å². The highest BCUT2D eigenvalue weighted by molar-refractivity contribution is 5.87. The number of hydrogen-bond acceptors (Lipinski definition) is 2. The molecule has 0 fully saturated rings. The molecule has 0 bridgehead atoms. The van der Waals surface area contributed by atoms with Crippen LogP contribution in [0.25, 0.3) is 0 Å². The molecule has 0 aromatic heterocycles. The number of nitrogens with two attached hydrogens (primary N) is 1. The Balaban J connectivity index is 2.61. The van der Waals surface area contributed by atoms with E-state index in [1.54, 1.807) is 0 Å². The summed E-state index contributed by atoms with van der Waals surface area (Å²) in [4.78, 5) is 10.5. The molecule has 0 aliphatic carbocycles. The lowest BCUT2D eigenvalue weighted by molar-refractivity contribution is 0.249. The highest BCUT2D eigenvalue weighted by Gasteiger charge is 1.99. The van der Waals surface area contributed by atoms with E-state index < -0.39 is 6.03 Å². The average molecular weight is 205 g/mol. The molecule has 4 heteroatoms. The highest BCUT2D eigenvalue weighted by Crippen LogP contribution is 2.02. The molecule has 80 valence electrons. The van der Waals surface area contributed by atoms with Crippen molar-refractivity contribution >= 4 is 11.7 Å². The largest absolute Gasteiger partial charge is 0.350 e. The zero-order valence-electron chi connectivity index (χ0n) is 8.73. The third-order valence-electron chi connectivity index (χ3n) is 1.98. The molecule has 1 aromatic carbocycles. The van der Waals surface area contributed by atoms with Gasteiger partial charge in [0.05, 0.1) is 0 Å². The number of nitrogens with zero attached hydrogens (tertiary/aromatic N) is 1. The molecule has 4 nitrogen and oxygen atoms in total. The average Bonchev–Trinajstić information content (AvgIpc) is 2.25. The number of benzene rings is 1. The van der Waals surface area contributed by atoms with E-state index in [0.717, 1.165) is 18.6 Å². The summed E-state index contributed by atoms with van der Waals surface area (Å²) in [5.41, 5.74) is 9.25. The van der Waals surface area contributed by atoms with Crippen molar-refractivity contribution in [2.24, 2.45) is 10.8 Å². The fourth-order valence-corrected chi connectivity index (χ4v) is 1.21. The Kier molecular flexibility index (Phi) is 4.34. The predicted molar refractivity (Wildman–Crippen MR) is 60.6 cm³/mol. The Morgan fingerprint density at radius 2 is 2.07 bits per heavy atom. The van der Waals surface area contributed by atoms with Gasteiger partial charge in [-0.2, -0.15) is 5.10 Å². The van der Waals surface area contributed by atoms with E-state index in [0.29, 0.717) is 0 Å². The molecule has 0 radical (unpaired) electrons. The minimum Gasteiger partial charge on any atom is -0.350 e. The Labute approximate surface area is 89.2 Å². The minimum atomic E-state index is -0.631. The van der Waals surface area contributed by atoms with E-state index in [4.69, 9.17) is 5.73 Å². The van der Waals surface area contributed by atoms with Crippen molar-refractivity contribution in [3.63, 3.8) is 0 Å². The lowest BCUT2D eigenvalue weighted by Crippen LogP contribution is -2.26. The van der Waals surface area contributed by atoms with Gasteiger partial charge in [-0.05, 0) is 12.0 Å². The lowest BCUT2D eigenvalue weighted by atomic mass is 10.1. The molecule has 0 unspecified atom stereocenters. The normalized spacial score (nSPS) is 11.1.